The summed E-state index contributed by atoms with van der Waals surface area (Å²) in [6, 6.07) is 21.9. The van der Waals surface area contributed by atoms with E-state index in [1.165, 1.54) is 60.1 Å². The van der Waals surface area contributed by atoms with Crippen molar-refractivity contribution in [2.75, 3.05) is 13.2 Å². The second-order valence-electron chi connectivity index (χ2n) is 30.6. The van der Waals surface area contributed by atoms with E-state index < -0.39 is 11.2 Å². The Balaban J connectivity index is 0.974. The molecule has 0 amide bonds. The van der Waals surface area contributed by atoms with Gasteiger partial charge in [-0.2, -0.15) is 0 Å². The van der Waals surface area contributed by atoms with Crippen molar-refractivity contribution in [3.63, 3.8) is 0 Å². The molecular weight excluding hydrogens is 1040 g/mol. The maximum atomic E-state index is 7.84. The molecule has 35 rings (SSSR count). The summed E-state index contributed by atoms with van der Waals surface area (Å²) in [5.41, 5.74) is 7.15. The molecule has 34 aromatic rings. The molecule has 0 saturated carbocycles. The first-order chi connectivity index (χ1) is 42.4. The number of hydrogen-bond acceptors (Lipinski definition) is 2. The lowest BCUT2D eigenvalue weighted by atomic mass is 9.88. The normalized spacial score (nSPS) is 18.7. The second kappa shape index (κ2) is 9.01. The van der Waals surface area contributed by atoms with Crippen LogP contribution < -0.4 is 0 Å². The monoisotopic (exact) mass is 1070 g/mol. The van der Waals surface area contributed by atoms with E-state index in [0.29, 0.717) is 13.2 Å². The molecule has 378 valence electrons. The minimum absolute atomic E-state index is 0.123. The smallest absolute Gasteiger partial charge is 0.0876 e. The van der Waals surface area contributed by atoms with Crippen LogP contribution in [0.1, 0.15) is 50.9 Å². The zero-order chi connectivity index (χ0) is 53.0. The van der Waals surface area contributed by atoms with Crippen molar-refractivity contribution in [3.05, 3.63) is 71.8 Å². The molecule has 0 unspecified atom stereocenters. The summed E-state index contributed by atoms with van der Waals surface area (Å²) in [6.45, 7) is 10.3. The number of rotatable bonds is 8. The van der Waals surface area contributed by atoms with Gasteiger partial charge in [0.25, 0.3) is 0 Å². The summed E-state index contributed by atoms with van der Waals surface area (Å²) < 4.78 is 21.8. The minimum Gasteiger partial charge on any atom is -0.369 e. The summed E-state index contributed by atoms with van der Waals surface area (Å²) in [6.07, 6.45) is 0. The summed E-state index contributed by atoms with van der Waals surface area (Å²) in [5, 5.41) is 89.3. The summed E-state index contributed by atoms with van der Waals surface area (Å²) >= 11 is 0. The number of aromatic nitrogens is 2. The first-order valence-corrected chi connectivity index (χ1v) is 31.9. The predicted molar refractivity (Wildman–Crippen MR) is 363 cm³/mol. The van der Waals surface area contributed by atoms with Gasteiger partial charge in [0.05, 0.1) is 58.6 Å². The molecule has 0 fully saturated rings. The first-order valence-electron chi connectivity index (χ1n) is 31.9. The Hall–Kier alpha value is -9.84. The molecule has 4 heteroatoms. The Bertz CT molecular complexity index is 8180. The van der Waals surface area contributed by atoms with Crippen molar-refractivity contribution in [2.24, 2.45) is 0 Å². The van der Waals surface area contributed by atoms with Gasteiger partial charge in [-0.25, -0.2) is 0 Å². The average Bonchev–Trinajstić information content (AvgIpc) is 1.40. The minimum atomic E-state index is -0.560. The lowest BCUT2D eigenvalue weighted by molar-refractivity contribution is -0.0713. The van der Waals surface area contributed by atoms with Crippen molar-refractivity contribution < 1.29 is 9.47 Å². The van der Waals surface area contributed by atoms with Crippen LogP contribution in [0.2, 0.25) is 0 Å². The molecule has 3 aromatic heterocycles. The van der Waals surface area contributed by atoms with E-state index in [-0.39, 0.29) is 12.1 Å². The maximum Gasteiger partial charge on any atom is 0.0876 e. The zero-order valence-electron chi connectivity index (χ0n) is 46.1. The van der Waals surface area contributed by atoms with E-state index in [2.05, 4.69) is 97.5 Å². The molecule has 1 aliphatic heterocycles. The topological polar surface area (TPSA) is 28.3 Å². The number of hydrogen-bond donors (Lipinski definition) is 0. The van der Waals surface area contributed by atoms with E-state index in [4.69, 9.17) is 9.47 Å². The molecule has 0 radical (unpaired) electrons. The largest absolute Gasteiger partial charge is 0.369 e. The first kappa shape index (κ1) is 36.1. The van der Waals surface area contributed by atoms with E-state index in [1.807, 2.05) is 0 Å². The molecule has 1 aliphatic rings. The van der Waals surface area contributed by atoms with Crippen molar-refractivity contribution in [1.29, 1.82) is 0 Å². The van der Waals surface area contributed by atoms with E-state index in [0.717, 1.165) is 0 Å². The standard InChI is InChI=1S/C82H28N2O2/c1-81(2,17-11-7-5-8-12-17)85-15-19-20(16-86-82(3,4)18-13-9-6-10-14-18)84-78-73-64-54-44-34-27-22-21-23-25-24(22)31-36(34)46-48-38(31)40-32(25)39-37-30(23)35-33-26(21)28-29(27)42(44)52-51-41(28)43(33)53-55-45(35)47(37)57-59-49(39)50(40)60-58(48)68(66(73)56(46)54)75-70(60)69(59)74-67(57)65(55)72-63(53)61(51)71(62(52)64)76(78)77(72)83(19)79(74)80(75)84/h5-14,19-20H,15-16H2,1-4H3/t19-,20-/m1/s1. The molecule has 0 aliphatic carbocycles. The van der Waals surface area contributed by atoms with Crippen LogP contribution in [0.25, 0.3) is 324 Å². The van der Waals surface area contributed by atoms with Crippen LogP contribution in [-0.2, 0) is 20.7 Å². The predicted octanol–water partition coefficient (Wildman–Crippen LogP) is 22.5. The van der Waals surface area contributed by atoms with Crippen molar-refractivity contribution >= 4 is 324 Å². The fraction of sp³-hybridized carbons (Fsp3) is 0.122. The quantitative estimate of drug-likeness (QED) is 0.142. The van der Waals surface area contributed by atoms with E-state index in [1.54, 1.807) is 275 Å². The van der Waals surface area contributed by atoms with Crippen LogP contribution in [0, 0.1) is 0 Å². The van der Waals surface area contributed by atoms with Gasteiger partial charge in [0.2, 0.25) is 0 Å². The van der Waals surface area contributed by atoms with Gasteiger partial charge in [0.1, 0.15) is 0 Å². The van der Waals surface area contributed by atoms with Crippen LogP contribution in [0.3, 0.4) is 0 Å². The number of benzene rings is 20. The van der Waals surface area contributed by atoms with Gasteiger partial charge in [-0.1, -0.05) is 60.7 Å². The van der Waals surface area contributed by atoms with Gasteiger partial charge >= 0.3 is 0 Å². The fourth-order valence-corrected chi connectivity index (χ4v) is 26.4. The average molecular weight is 1070 g/mol. The molecule has 31 aromatic carbocycles. The highest BCUT2D eigenvalue weighted by molar-refractivity contribution is 6.83. The molecule has 86 heavy (non-hydrogen) atoms. The third-order valence-corrected chi connectivity index (χ3v) is 28.1. The lowest BCUT2D eigenvalue weighted by Crippen LogP contribution is -2.37. The highest BCUT2D eigenvalue weighted by Crippen LogP contribution is 2.80. The van der Waals surface area contributed by atoms with E-state index >= 15 is 0 Å². The van der Waals surface area contributed by atoms with Crippen LogP contribution in [0.15, 0.2) is 60.7 Å². The van der Waals surface area contributed by atoms with Crippen molar-refractivity contribution in [2.45, 2.75) is 51.0 Å². The Morgan fingerprint density at radius 1 is 0.221 bits per heavy atom. The van der Waals surface area contributed by atoms with Crippen LogP contribution in [0.4, 0.5) is 0 Å². The van der Waals surface area contributed by atoms with Crippen molar-refractivity contribution in [1.82, 2.24) is 9.13 Å². The number of ether oxygens (including phenoxy) is 2. The molecule has 0 N–H and O–H groups in total. The highest BCUT2D eigenvalue weighted by atomic mass is 16.5. The van der Waals surface area contributed by atoms with E-state index in [9.17, 15) is 0 Å². The van der Waals surface area contributed by atoms with Gasteiger partial charge in [-0.15, -0.1) is 0 Å². The number of nitrogens with zero attached hydrogens (tertiary/aromatic N) is 2. The van der Waals surface area contributed by atoms with Crippen LogP contribution >= 0.6 is 0 Å². The highest BCUT2D eigenvalue weighted by Gasteiger charge is 2.53. The molecule has 0 saturated heterocycles. The summed E-state index contributed by atoms with van der Waals surface area (Å²) in [5.74, 6) is 0. The third-order valence-electron chi connectivity index (χ3n) is 28.1. The molecule has 4 heterocycles. The van der Waals surface area contributed by atoms with Gasteiger partial charge < -0.3 is 18.6 Å². The van der Waals surface area contributed by atoms with Crippen LogP contribution in [0.5, 0.6) is 0 Å². The maximum absolute atomic E-state index is 7.84. The van der Waals surface area contributed by atoms with Gasteiger partial charge in [0.15, 0.2) is 0 Å². The van der Waals surface area contributed by atoms with Gasteiger partial charge in [-0.05, 0) is 38.8 Å². The third kappa shape index (κ3) is 2.36. The van der Waals surface area contributed by atoms with Crippen LogP contribution in [-0.4, -0.2) is 22.3 Å². The zero-order valence-corrected chi connectivity index (χ0v) is 46.1. The Morgan fingerprint density at radius 3 is 0.581 bits per heavy atom. The molecule has 4 nitrogen and oxygen atoms in total. The van der Waals surface area contributed by atoms with Gasteiger partial charge in [0, 0.05) is 302 Å². The summed E-state index contributed by atoms with van der Waals surface area (Å²) in [7, 11) is 0. The van der Waals surface area contributed by atoms with Crippen molar-refractivity contribution in [3.8, 4) is 0 Å². The Labute approximate surface area is 475 Å². The molecular formula is C82H28N2O2. The lowest BCUT2D eigenvalue weighted by Gasteiger charge is -2.39. The summed E-state index contributed by atoms with van der Waals surface area (Å²) in [4.78, 5) is 0. The fourth-order valence-electron chi connectivity index (χ4n) is 26.4. The second-order valence-corrected chi connectivity index (χ2v) is 30.6. The van der Waals surface area contributed by atoms with Gasteiger partial charge in [-0.3, -0.25) is 0 Å². The Kier molecular flexibility index (Phi) is 3.78. The molecule has 6 bridgehead atoms. The molecule has 0 spiro atoms. The molecule has 2 atom stereocenters. The SMILES string of the molecule is CC(C)(OC[C@@H]1[C@@H](COC(C)(C)c2ccccc2)n2c3c4c5c6c7c8c9c%10c%11c%12c%13c%10c%10c8c8c%14c%10c%10c%13c%13c%15c%12c%12c%16c%11c%11c9c7c7c9c%11c%16c%11c%16c%12c%15c%12c%15c%13c%10c%10c%14c(c4c86)c4c%10c%15c6c%12c%16c8c%11c9c(c75)c3c8n1c6c42)c1ccccc1. The Morgan fingerprint density at radius 2 is 0.384 bits per heavy atom.